The third-order valence-corrected chi connectivity index (χ3v) is 5.87. The summed E-state index contributed by atoms with van der Waals surface area (Å²) < 4.78 is 10.8. The third-order valence-electron chi connectivity index (χ3n) is 5.62. The van der Waals surface area contributed by atoms with Crippen LogP contribution >= 0.6 is 11.6 Å². The summed E-state index contributed by atoms with van der Waals surface area (Å²) >= 11 is 6.00. The van der Waals surface area contributed by atoms with Crippen LogP contribution < -0.4 is 10.6 Å². The van der Waals surface area contributed by atoms with E-state index < -0.39 is 17.3 Å². The first-order chi connectivity index (χ1) is 15.4. The molecule has 2 heterocycles. The lowest BCUT2D eigenvalue weighted by atomic mass is 9.68. The summed E-state index contributed by atoms with van der Waals surface area (Å²) in [7, 11) is 0. The molecule has 1 atom stereocenters. The van der Waals surface area contributed by atoms with Crippen LogP contribution in [0.2, 0.25) is 5.02 Å². The molecule has 0 bridgehead atoms. The van der Waals surface area contributed by atoms with Crippen molar-refractivity contribution in [3.8, 4) is 6.07 Å². The van der Waals surface area contributed by atoms with Gasteiger partial charge < -0.3 is 20.1 Å². The first-order valence-corrected chi connectivity index (χ1v) is 10.4. The molecule has 1 amide bonds. The standard InChI is InChI=1S/C24H20ClN3O4/c1-3-31-22(29)20-14(2)32-21(27)18(12-26)24(20)17-6-4-5-7-19(17)28(23(24)30)13-15-8-10-16(25)11-9-15/h4-11H,3,13,27H2,1-2H3/t24-/m0/s1. The van der Waals surface area contributed by atoms with Crippen molar-refractivity contribution in [3.05, 3.63) is 87.5 Å². The van der Waals surface area contributed by atoms with E-state index in [4.69, 9.17) is 26.8 Å². The first kappa shape index (κ1) is 21.5. The lowest BCUT2D eigenvalue weighted by molar-refractivity contribution is -0.141. The van der Waals surface area contributed by atoms with E-state index in [2.05, 4.69) is 0 Å². The molecule has 0 radical (unpaired) electrons. The van der Waals surface area contributed by atoms with E-state index in [1.807, 2.05) is 18.2 Å². The smallest absolute Gasteiger partial charge is 0.339 e. The number of nitriles is 1. The van der Waals surface area contributed by atoms with Gasteiger partial charge in [-0.25, -0.2) is 4.79 Å². The fourth-order valence-electron chi connectivity index (χ4n) is 4.35. The quantitative estimate of drug-likeness (QED) is 0.713. The number of carbonyl (C=O) groups excluding carboxylic acids is 2. The second-order valence-corrected chi connectivity index (χ2v) is 7.83. The summed E-state index contributed by atoms with van der Waals surface area (Å²) in [5.41, 5.74) is 6.02. The predicted octanol–water partition coefficient (Wildman–Crippen LogP) is 3.69. The molecule has 2 aliphatic heterocycles. The van der Waals surface area contributed by atoms with Crippen molar-refractivity contribution in [1.29, 1.82) is 5.26 Å². The number of amides is 1. The van der Waals surface area contributed by atoms with E-state index in [1.54, 1.807) is 48.2 Å². The molecule has 2 aromatic rings. The molecule has 0 fully saturated rings. The lowest BCUT2D eigenvalue weighted by Crippen LogP contribution is -2.48. The molecule has 4 rings (SSSR count). The van der Waals surface area contributed by atoms with Crippen LogP contribution in [0.25, 0.3) is 0 Å². The Bertz CT molecular complexity index is 1230. The molecular weight excluding hydrogens is 430 g/mol. The fourth-order valence-corrected chi connectivity index (χ4v) is 4.47. The number of halogens is 1. The Morgan fingerprint density at radius 1 is 1.25 bits per heavy atom. The summed E-state index contributed by atoms with van der Waals surface area (Å²) in [5.74, 6) is -1.30. The first-order valence-electron chi connectivity index (χ1n) is 9.98. The zero-order chi connectivity index (χ0) is 23.0. The van der Waals surface area contributed by atoms with Crippen LogP contribution in [0.5, 0.6) is 0 Å². The second-order valence-electron chi connectivity index (χ2n) is 7.39. The van der Waals surface area contributed by atoms with Gasteiger partial charge in [0.15, 0.2) is 5.41 Å². The van der Waals surface area contributed by atoms with Gasteiger partial charge in [0.2, 0.25) is 11.8 Å². The Morgan fingerprint density at radius 3 is 2.59 bits per heavy atom. The van der Waals surface area contributed by atoms with Crippen molar-refractivity contribution < 1.29 is 19.1 Å². The number of hydrogen-bond acceptors (Lipinski definition) is 6. The topological polar surface area (TPSA) is 106 Å². The van der Waals surface area contributed by atoms with E-state index in [0.717, 1.165) is 5.56 Å². The number of rotatable bonds is 4. The van der Waals surface area contributed by atoms with E-state index >= 15 is 0 Å². The zero-order valence-corrected chi connectivity index (χ0v) is 18.3. The highest BCUT2D eigenvalue weighted by Gasteiger charge is 2.62. The lowest BCUT2D eigenvalue weighted by Gasteiger charge is -2.34. The van der Waals surface area contributed by atoms with E-state index in [9.17, 15) is 14.9 Å². The Hall–Kier alpha value is -3.76. The highest BCUT2D eigenvalue weighted by molar-refractivity contribution is 6.30. The summed E-state index contributed by atoms with van der Waals surface area (Å²) in [4.78, 5) is 28.8. The molecule has 1 spiro atoms. The molecule has 2 aromatic carbocycles. The average molecular weight is 450 g/mol. The minimum atomic E-state index is -1.75. The van der Waals surface area contributed by atoms with Gasteiger partial charge in [0.05, 0.1) is 13.2 Å². The Labute approximate surface area is 190 Å². The molecule has 8 heteroatoms. The summed E-state index contributed by atoms with van der Waals surface area (Å²) in [6.45, 7) is 3.50. The number of para-hydroxylation sites is 1. The summed E-state index contributed by atoms with van der Waals surface area (Å²) in [6.07, 6.45) is 0. The van der Waals surface area contributed by atoms with Crippen molar-refractivity contribution in [2.45, 2.75) is 25.8 Å². The highest BCUT2D eigenvalue weighted by Crippen LogP contribution is 2.54. The van der Waals surface area contributed by atoms with Crippen molar-refractivity contribution in [2.75, 3.05) is 11.5 Å². The van der Waals surface area contributed by atoms with Crippen LogP contribution in [0.3, 0.4) is 0 Å². The monoisotopic (exact) mass is 449 g/mol. The number of carbonyl (C=O) groups is 2. The molecule has 0 saturated carbocycles. The minimum absolute atomic E-state index is 0.0406. The van der Waals surface area contributed by atoms with Gasteiger partial charge >= 0.3 is 5.97 Å². The zero-order valence-electron chi connectivity index (χ0n) is 17.5. The number of nitrogens with zero attached hydrogens (tertiary/aromatic N) is 2. The number of ether oxygens (including phenoxy) is 2. The SMILES string of the molecule is CCOC(=O)C1=C(C)OC(N)=C(C#N)[C@]12C(=O)N(Cc1ccc(Cl)cc1)c1ccccc12. The van der Waals surface area contributed by atoms with Gasteiger partial charge in [0, 0.05) is 16.3 Å². The van der Waals surface area contributed by atoms with Gasteiger partial charge in [0.25, 0.3) is 0 Å². The molecule has 32 heavy (non-hydrogen) atoms. The molecule has 0 unspecified atom stereocenters. The maximum Gasteiger partial charge on any atom is 0.339 e. The molecule has 7 nitrogen and oxygen atoms in total. The molecule has 0 aliphatic carbocycles. The van der Waals surface area contributed by atoms with Gasteiger partial charge in [-0.2, -0.15) is 5.26 Å². The average Bonchev–Trinajstić information content (AvgIpc) is 2.99. The van der Waals surface area contributed by atoms with Gasteiger partial charge in [-0.3, -0.25) is 4.79 Å². The molecule has 162 valence electrons. The number of anilines is 1. The Balaban J connectivity index is 1.97. The van der Waals surface area contributed by atoms with Gasteiger partial charge in [-0.05, 0) is 37.6 Å². The summed E-state index contributed by atoms with van der Waals surface area (Å²) in [5, 5.41) is 10.6. The molecule has 2 N–H and O–H groups in total. The number of nitrogens with two attached hydrogens (primary N) is 1. The highest BCUT2D eigenvalue weighted by atomic mass is 35.5. The van der Waals surface area contributed by atoms with Crippen LogP contribution in [0, 0.1) is 11.3 Å². The minimum Gasteiger partial charge on any atom is -0.462 e. The fraction of sp³-hybridized carbons (Fsp3) is 0.208. The van der Waals surface area contributed by atoms with E-state index in [-0.39, 0.29) is 35.9 Å². The normalized spacial score (nSPS) is 19.7. The summed E-state index contributed by atoms with van der Waals surface area (Å²) in [6, 6.07) is 16.2. The van der Waals surface area contributed by atoms with Crippen molar-refractivity contribution >= 4 is 29.2 Å². The van der Waals surface area contributed by atoms with Crippen molar-refractivity contribution in [2.24, 2.45) is 5.73 Å². The van der Waals surface area contributed by atoms with Gasteiger partial charge in [0.1, 0.15) is 23.0 Å². The number of allylic oxidation sites excluding steroid dienone is 1. The maximum absolute atomic E-state index is 14.2. The third kappa shape index (κ3) is 3.03. The second kappa shape index (κ2) is 8.06. The molecular formula is C24H20ClN3O4. The van der Waals surface area contributed by atoms with Crippen LogP contribution in [0.1, 0.15) is 25.0 Å². The number of fused-ring (bicyclic) bond motifs is 2. The maximum atomic E-state index is 14.2. The van der Waals surface area contributed by atoms with Crippen molar-refractivity contribution in [3.63, 3.8) is 0 Å². The van der Waals surface area contributed by atoms with E-state index in [0.29, 0.717) is 16.3 Å². The van der Waals surface area contributed by atoms with Crippen LogP contribution in [0.15, 0.2) is 71.3 Å². The number of esters is 1. The molecule has 0 aromatic heterocycles. The van der Waals surface area contributed by atoms with Crippen LogP contribution in [0.4, 0.5) is 5.69 Å². The molecule has 0 saturated heterocycles. The Kier molecular flexibility index (Phi) is 5.41. The largest absolute Gasteiger partial charge is 0.462 e. The number of benzene rings is 2. The van der Waals surface area contributed by atoms with Crippen molar-refractivity contribution in [1.82, 2.24) is 0 Å². The van der Waals surface area contributed by atoms with Gasteiger partial charge in [-0.1, -0.05) is 41.9 Å². The Morgan fingerprint density at radius 2 is 1.94 bits per heavy atom. The predicted molar refractivity (Wildman–Crippen MR) is 118 cm³/mol. The molecule has 2 aliphatic rings. The van der Waals surface area contributed by atoms with E-state index in [1.165, 1.54) is 6.92 Å². The van der Waals surface area contributed by atoms with Crippen LogP contribution in [-0.2, 0) is 31.0 Å². The number of hydrogen-bond donors (Lipinski definition) is 1. The van der Waals surface area contributed by atoms with Gasteiger partial charge in [-0.15, -0.1) is 0 Å². The van der Waals surface area contributed by atoms with Crippen LogP contribution in [-0.4, -0.2) is 18.5 Å².